The molecular weight excluding hydrogens is 212 g/mol. The zero-order chi connectivity index (χ0) is 12.1. The molecule has 17 heavy (non-hydrogen) atoms. The van der Waals surface area contributed by atoms with Gasteiger partial charge in [0.2, 0.25) is 0 Å². The Morgan fingerprint density at radius 1 is 1.12 bits per heavy atom. The van der Waals surface area contributed by atoms with E-state index in [1.807, 2.05) is 12.1 Å². The topological polar surface area (TPSA) is 49.5 Å². The van der Waals surface area contributed by atoms with E-state index >= 15 is 0 Å². The molecule has 3 nitrogen and oxygen atoms in total. The molecule has 0 saturated carbocycles. The average molecular weight is 234 g/mol. The maximum atomic E-state index is 9.59. The zero-order valence-electron chi connectivity index (χ0n) is 10.4. The van der Waals surface area contributed by atoms with Crippen molar-refractivity contribution in [1.29, 1.82) is 0 Å². The third kappa shape index (κ3) is 3.45. The SMILES string of the molecule is NCc1cc(CN2CCCCCC2)ccc1O. The number of phenolic OH excluding ortho intramolecular Hbond substituents is 1. The van der Waals surface area contributed by atoms with Gasteiger partial charge in [-0.3, -0.25) is 4.90 Å². The lowest BCUT2D eigenvalue weighted by atomic mass is 10.1. The Bertz CT molecular complexity index is 357. The summed E-state index contributed by atoms with van der Waals surface area (Å²) in [6.45, 7) is 3.77. The molecule has 2 rings (SSSR count). The van der Waals surface area contributed by atoms with E-state index in [0.717, 1.165) is 12.1 Å². The van der Waals surface area contributed by atoms with Crippen molar-refractivity contribution in [1.82, 2.24) is 4.90 Å². The highest BCUT2D eigenvalue weighted by molar-refractivity contribution is 5.35. The molecule has 3 heteroatoms. The van der Waals surface area contributed by atoms with E-state index in [4.69, 9.17) is 5.73 Å². The summed E-state index contributed by atoms with van der Waals surface area (Å²) in [5.74, 6) is 0.312. The zero-order valence-corrected chi connectivity index (χ0v) is 10.4. The van der Waals surface area contributed by atoms with E-state index in [0.29, 0.717) is 12.3 Å². The predicted octanol–water partition coefficient (Wildman–Crippen LogP) is 2.23. The van der Waals surface area contributed by atoms with E-state index in [9.17, 15) is 5.11 Å². The maximum Gasteiger partial charge on any atom is 0.120 e. The highest BCUT2D eigenvalue weighted by Gasteiger charge is 2.10. The van der Waals surface area contributed by atoms with Gasteiger partial charge in [0.25, 0.3) is 0 Å². The van der Waals surface area contributed by atoms with Crippen molar-refractivity contribution < 1.29 is 5.11 Å². The quantitative estimate of drug-likeness (QED) is 0.843. The van der Waals surface area contributed by atoms with Gasteiger partial charge in [0.15, 0.2) is 0 Å². The number of phenols is 1. The van der Waals surface area contributed by atoms with Gasteiger partial charge in [-0.05, 0) is 43.6 Å². The second-order valence-electron chi connectivity index (χ2n) is 4.86. The fourth-order valence-electron chi connectivity index (χ4n) is 2.45. The first kappa shape index (κ1) is 12.4. The predicted molar refractivity (Wildman–Crippen MR) is 69.7 cm³/mol. The second kappa shape index (κ2) is 6.03. The number of nitrogens with two attached hydrogens (primary N) is 1. The third-order valence-corrected chi connectivity index (χ3v) is 3.47. The summed E-state index contributed by atoms with van der Waals surface area (Å²) < 4.78 is 0. The number of nitrogens with zero attached hydrogens (tertiary/aromatic N) is 1. The van der Waals surface area contributed by atoms with Crippen LogP contribution in [-0.2, 0) is 13.1 Å². The molecule has 0 aromatic heterocycles. The van der Waals surface area contributed by atoms with E-state index in [1.165, 1.54) is 44.3 Å². The summed E-state index contributed by atoms with van der Waals surface area (Å²) in [5.41, 5.74) is 7.70. The van der Waals surface area contributed by atoms with Crippen LogP contribution in [0.4, 0.5) is 0 Å². The Kier molecular flexibility index (Phi) is 4.40. The summed E-state index contributed by atoms with van der Waals surface area (Å²) in [7, 11) is 0. The van der Waals surface area contributed by atoms with Gasteiger partial charge >= 0.3 is 0 Å². The van der Waals surface area contributed by atoms with Gasteiger partial charge in [0, 0.05) is 18.7 Å². The van der Waals surface area contributed by atoms with Crippen LogP contribution in [0.2, 0.25) is 0 Å². The van der Waals surface area contributed by atoms with Gasteiger partial charge in [-0.1, -0.05) is 18.9 Å². The molecule has 0 atom stereocenters. The number of rotatable bonds is 3. The monoisotopic (exact) mass is 234 g/mol. The van der Waals surface area contributed by atoms with Gasteiger partial charge in [0.05, 0.1) is 0 Å². The van der Waals surface area contributed by atoms with Crippen molar-refractivity contribution in [2.24, 2.45) is 5.73 Å². The van der Waals surface area contributed by atoms with E-state index < -0.39 is 0 Å². The minimum Gasteiger partial charge on any atom is -0.508 e. The van der Waals surface area contributed by atoms with Crippen LogP contribution in [0.3, 0.4) is 0 Å². The summed E-state index contributed by atoms with van der Waals surface area (Å²) >= 11 is 0. The highest BCUT2D eigenvalue weighted by atomic mass is 16.3. The van der Waals surface area contributed by atoms with Crippen molar-refractivity contribution in [2.45, 2.75) is 38.8 Å². The van der Waals surface area contributed by atoms with Crippen LogP contribution in [-0.4, -0.2) is 23.1 Å². The largest absolute Gasteiger partial charge is 0.508 e. The molecule has 1 aliphatic rings. The number of benzene rings is 1. The molecule has 0 radical (unpaired) electrons. The molecule has 3 N–H and O–H groups in total. The number of hydrogen-bond acceptors (Lipinski definition) is 3. The molecule has 0 spiro atoms. The molecular formula is C14H22N2O. The van der Waals surface area contributed by atoms with Crippen molar-refractivity contribution >= 4 is 0 Å². The van der Waals surface area contributed by atoms with Crippen LogP contribution in [0.1, 0.15) is 36.8 Å². The van der Waals surface area contributed by atoms with Crippen LogP contribution < -0.4 is 5.73 Å². The fraction of sp³-hybridized carbons (Fsp3) is 0.571. The molecule has 1 fully saturated rings. The van der Waals surface area contributed by atoms with Gasteiger partial charge in [0.1, 0.15) is 5.75 Å². The molecule has 0 amide bonds. The van der Waals surface area contributed by atoms with E-state index in [1.54, 1.807) is 6.07 Å². The van der Waals surface area contributed by atoms with Crippen molar-refractivity contribution in [3.05, 3.63) is 29.3 Å². The summed E-state index contributed by atoms with van der Waals surface area (Å²) in [6.07, 6.45) is 5.34. The Labute approximate surface area is 103 Å². The maximum absolute atomic E-state index is 9.59. The summed E-state index contributed by atoms with van der Waals surface area (Å²) in [6, 6.07) is 5.79. The summed E-state index contributed by atoms with van der Waals surface area (Å²) in [4.78, 5) is 2.50. The number of aromatic hydroxyl groups is 1. The Morgan fingerprint density at radius 2 is 1.82 bits per heavy atom. The smallest absolute Gasteiger partial charge is 0.120 e. The Balaban J connectivity index is 2.01. The molecule has 1 heterocycles. The van der Waals surface area contributed by atoms with Gasteiger partial charge in [-0.15, -0.1) is 0 Å². The van der Waals surface area contributed by atoms with Crippen LogP contribution in [0.25, 0.3) is 0 Å². The van der Waals surface area contributed by atoms with Crippen LogP contribution in [0.5, 0.6) is 5.75 Å². The highest BCUT2D eigenvalue weighted by Crippen LogP contribution is 2.20. The van der Waals surface area contributed by atoms with Crippen LogP contribution >= 0.6 is 0 Å². The molecule has 94 valence electrons. The van der Waals surface area contributed by atoms with E-state index in [2.05, 4.69) is 4.90 Å². The van der Waals surface area contributed by atoms with Crippen molar-refractivity contribution in [2.75, 3.05) is 13.1 Å². The first-order valence-electron chi connectivity index (χ1n) is 6.53. The van der Waals surface area contributed by atoms with E-state index in [-0.39, 0.29) is 0 Å². The number of likely N-dealkylation sites (tertiary alicyclic amines) is 1. The van der Waals surface area contributed by atoms with Gasteiger partial charge in [-0.2, -0.15) is 0 Å². The third-order valence-electron chi connectivity index (χ3n) is 3.47. The molecule has 1 saturated heterocycles. The minimum atomic E-state index is 0.312. The second-order valence-corrected chi connectivity index (χ2v) is 4.86. The molecule has 1 aromatic rings. The van der Waals surface area contributed by atoms with Crippen molar-refractivity contribution in [3.8, 4) is 5.75 Å². The van der Waals surface area contributed by atoms with Crippen LogP contribution in [0.15, 0.2) is 18.2 Å². The van der Waals surface area contributed by atoms with Crippen molar-refractivity contribution in [3.63, 3.8) is 0 Å². The lowest BCUT2D eigenvalue weighted by Gasteiger charge is -2.20. The normalized spacial score (nSPS) is 17.9. The Morgan fingerprint density at radius 3 is 2.47 bits per heavy atom. The molecule has 0 bridgehead atoms. The van der Waals surface area contributed by atoms with Crippen LogP contribution in [0, 0.1) is 0 Å². The fourth-order valence-corrected chi connectivity index (χ4v) is 2.45. The lowest BCUT2D eigenvalue weighted by Crippen LogP contribution is -2.24. The first-order valence-corrected chi connectivity index (χ1v) is 6.53. The summed E-state index contributed by atoms with van der Waals surface area (Å²) in [5, 5.41) is 9.59. The molecule has 1 aromatic carbocycles. The molecule has 0 aliphatic carbocycles. The first-order chi connectivity index (χ1) is 8.29. The van der Waals surface area contributed by atoms with Gasteiger partial charge < -0.3 is 10.8 Å². The Hall–Kier alpha value is -1.06. The van der Waals surface area contributed by atoms with Gasteiger partial charge in [-0.25, -0.2) is 0 Å². The number of hydrogen-bond donors (Lipinski definition) is 2. The lowest BCUT2D eigenvalue weighted by molar-refractivity contribution is 0.277. The standard InChI is InChI=1S/C14H22N2O/c15-10-13-9-12(5-6-14(13)17)11-16-7-3-1-2-4-8-16/h5-6,9,17H,1-4,7-8,10-11,15H2. The molecule has 1 aliphatic heterocycles. The average Bonchev–Trinajstić information content (AvgIpc) is 2.60. The minimum absolute atomic E-state index is 0.312. The molecule has 0 unspecified atom stereocenters.